The molecule has 0 saturated carbocycles. The molecule has 0 aliphatic heterocycles. The molecule has 4 nitrogen and oxygen atoms in total. The maximum absolute atomic E-state index is 11.9. The molecule has 0 radical (unpaired) electrons. The molecule has 2 atom stereocenters. The summed E-state index contributed by atoms with van der Waals surface area (Å²) in [5, 5.41) is 0. The van der Waals surface area contributed by atoms with Crippen LogP contribution in [0.2, 0.25) is 0 Å². The molecule has 1 aromatic rings. The number of hydrogen-bond acceptors (Lipinski definition) is 3. The van der Waals surface area contributed by atoms with Gasteiger partial charge in [-0.05, 0) is 17.9 Å². The van der Waals surface area contributed by atoms with Crippen molar-refractivity contribution in [2.45, 2.75) is 26.7 Å². The third-order valence-corrected chi connectivity index (χ3v) is 3.49. The Kier molecular flexibility index (Phi) is 6.39. The molecule has 0 bridgehead atoms. The Morgan fingerprint density at radius 3 is 2.45 bits per heavy atom. The van der Waals surface area contributed by atoms with E-state index in [-0.39, 0.29) is 24.2 Å². The first-order valence-electron chi connectivity index (χ1n) is 6.58. The second-order valence-corrected chi connectivity index (χ2v) is 6.65. The zero-order valence-corrected chi connectivity index (χ0v) is 12.8. The van der Waals surface area contributed by atoms with E-state index in [2.05, 4.69) is 5.87 Å². The van der Waals surface area contributed by atoms with Crippen LogP contribution in [0.15, 0.2) is 30.3 Å². The van der Waals surface area contributed by atoms with Crippen molar-refractivity contribution in [3.05, 3.63) is 35.9 Å². The standard InChI is InChI=1S/C15H22O4S/c1-12(2)15(16)10-14(11-19-20(3,17)18)9-13-7-5-4-6-8-13/h4-8,12,14H,3,9-11H2,1-2H3,(H,17,18)/t14-/m1/s1. The lowest BCUT2D eigenvalue weighted by molar-refractivity contribution is -0.123. The number of ketones is 1. The molecule has 0 amide bonds. The van der Waals surface area contributed by atoms with Crippen molar-refractivity contribution >= 4 is 21.7 Å². The van der Waals surface area contributed by atoms with Crippen molar-refractivity contribution in [3.8, 4) is 0 Å². The molecule has 1 unspecified atom stereocenters. The van der Waals surface area contributed by atoms with Crippen LogP contribution in [0.5, 0.6) is 0 Å². The molecular formula is C15H22O4S. The third kappa shape index (κ3) is 6.84. The van der Waals surface area contributed by atoms with Gasteiger partial charge in [-0.15, -0.1) is 0 Å². The van der Waals surface area contributed by atoms with Gasteiger partial charge in [-0.25, -0.2) is 4.21 Å². The lowest BCUT2D eigenvalue weighted by Crippen LogP contribution is -2.21. The second-order valence-electron chi connectivity index (χ2n) is 5.25. The van der Waals surface area contributed by atoms with Crippen molar-refractivity contribution in [2.75, 3.05) is 6.61 Å². The van der Waals surface area contributed by atoms with Crippen LogP contribution in [0.3, 0.4) is 0 Å². The van der Waals surface area contributed by atoms with Gasteiger partial charge in [0.1, 0.15) is 5.78 Å². The SMILES string of the molecule is C=S(=O)(O)OC[C@@H](CC(=O)C(C)C)Cc1ccccc1. The van der Waals surface area contributed by atoms with Crippen LogP contribution in [0, 0.1) is 11.8 Å². The van der Waals surface area contributed by atoms with E-state index in [9.17, 15) is 9.00 Å². The Morgan fingerprint density at radius 2 is 1.95 bits per heavy atom. The Balaban J connectivity index is 2.70. The van der Waals surface area contributed by atoms with Gasteiger partial charge < -0.3 is 0 Å². The highest BCUT2D eigenvalue weighted by molar-refractivity contribution is 7.90. The minimum Gasteiger partial charge on any atom is -0.299 e. The van der Waals surface area contributed by atoms with Crippen molar-refractivity contribution in [3.63, 3.8) is 0 Å². The van der Waals surface area contributed by atoms with E-state index in [1.165, 1.54) is 0 Å². The summed E-state index contributed by atoms with van der Waals surface area (Å²) in [4.78, 5) is 11.9. The first-order valence-corrected chi connectivity index (χ1v) is 8.19. The van der Waals surface area contributed by atoms with Gasteiger partial charge in [0.05, 0.1) is 6.61 Å². The predicted octanol–water partition coefficient (Wildman–Crippen LogP) is 2.58. The summed E-state index contributed by atoms with van der Waals surface area (Å²) in [6.45, 7) is 3.74. The van der Waals surface area contributed by atoms with Crippen molar-refractivity contribution in [1.82, 2.24) is 0 Å². The monoisotopic (exact) mass is 298 g/mol. The fraction of sp³-hybridized carbons (Fsp3) is 0.467. The molecular weight excluding hydrogens is 276 g/mol. The number of carbonyl (C=O) groups is 1. The van der Waals surface area contributed by atoms with Gasteiger partial charge in [0, 0.05) is 18.2 Å². The fourth-order valence-electron chi connectivity index (χ4n) is 1.86. The molecule has 1 rings (SSSR count). The molecule has 0 aromatic heterocycles. The molecule has 20 heavy (non-hydrogen) atoms. The normalized spacial score (nSPS) is 15.8. The fourth-order valence-corrected chi connectivity index (χ4v) is 2.27. The molecule has 0 aliphatic carbocycles. The molecule has 112 valence electrons. The lowest BCUT2D eigenvalue weighted by Gasteiger charge is -2.17. The topological polar surface area (TPSA) is 63.6 Å². The van der Waals surface area contributed by atoms with Crippen LogP contribution in [0.1, 0.15) is 25.8 Å². The van der Waals surface area contributed by atoms with Gasteiger partial charge >= 0.3 is 0 Å². The van der Waals surface area contributed by atoms with E-state index < -0.39 is 10.1 Å². The molecule has 0 spiro atoms. The van der Waals surface area contributed by atoms with Crippen LogP contribution in [-0.4, -0.2) is 27.0 Å². The number of carbonyl (C=O) groups excluding carboxylic acids is 1. The van der Waals surface area contributed by atoms with Gasteiger partial charge in [0.2, 0.25) is 0 Å². The Hall–Kier alpha value is -1.17. The van der Waals surface area contributed by atoms with Gasteiger partial charge in [-0.2, -0.15) is 0 Å². The maximum Gasteiger partial charge on any atom is 0.195 e. The van der Waals surface area contributed by atoms with Crippen LogP contribution in [0.25, 0.3) is 0 Å². The zero-order chi connectivity index (χ0) is 15.2. The quantitative estimate of drug-likeness (QED) is 0.749. The van der Waals surface area contributed by atoms with E-state index in [0.29, 0.717) is 12.8 Å². The average molecular weight is 298 g/mol. The average Bonchev–Trinajstić information content (AvgIpc) is 2.36. The number of hydrogen-bond donors (Lipinski definition) is 1. The van der Waals surface area contributed by atoms with Crippen molar-refractivity contribution < 1.29 is 17.7 Å². The minimum atomic E-state index is -3.48. The predicted molar refractivity (Wildman–Crippen MR) is 81.9 cm³/mol. The largest absolute Gasteiger partial charge is 0.299 e. The molecule has 0 fully saturated rings. The number of Topliss-reactive ketones (excluding diaryl/α,β-unsaturated/α-hetero) is 1. The van der Waals surface area contributed by atoms with E-state index in [4.69, 9.17) is 8.74 Å². The summed E-state index contributed by atoms with van der Waals surface area (Å²) in [6.07, 6.45) is 0.969. The van der Waals surface area contributed by atoms with Gasteiger partial charge in [-0.1, -0.05) is 44.2 Å². The highest BCUT2D eigenvalue weighted by atomic mass is 32.2. The van der Waals surface area contributed by atoms with Crippen LogP contribution < -0.4 is 0 Å². The highest BCUT2D eigenvalue weighted by Crippen LogP contribution is 2.16. The lowest BCUT2D eigenvalue weighted by atomic mass is 9.92. The summed E-state index contributed by atoms with van der Waals surface area (Å²) in [7, 11) is -3.48. The molecule has 1 N–H and O–H groups in total. The summed E-state index contributed by atoms with van der Waals surface area (Å²) in [6, 6.07) is 9.70. The molecule has 0 heterocycles. The summed E-state index contributed by atoms with van der Waals surface area (Å²) < 4.78 is 25.1. The van der Waals surface area contributed by atoms with Gasteiger partial charge in [0.25, 0.3) is 0 Å². The first kappa shape index (κ1) is 16.9. The van der Waals surface area contributed by atoms with E-state index in [0.717, 1.165) is 5.56 Å². The van der Waals surface area contributed by atoms with Crippen LogP contribution in [0.4, 0.5) is 0 Å². The van der Waals surface area contributed by atoms with Crippen LogP contribution in [-0.2, 0) is 25.5 Å². The minimum absolute atomic E-state index is 0.0478. The Morgan fingerprint density at radius 1 is 1.35 bits per heavy atom. The van der Waals surface area contributed by atoms with E-state index >= 15 is 0 Å². The van der Waals surface area contributed by atoms with Crippen LogP contribution >= 0.6 is 0 Å². The van der Waals surface area contributed by atoms with E-state index in [1.807, 2.05) is 44.2 Å². The molecule has 0 aliphatic rings. The third-order valence-electron chi connectivity index (χ3n) is 2.99. The molecule has 1 aromatic carbocycles. The highest BCUT2D eigenvalue weighted by Gasteiger charge is 2.18. The van der Waals surface area contributed by atoms with Gasteiger partial charge in [-0.3, -0.25) is 13.5 Å². The second kappa shape index (κ2) is 7.57. The van der Waals surface area contributed by atoms with E-state index in [1.54, 1.807) is 0 Å². The Bertz CT molecular complexity index is 520. The van der Waals surface area contributed by atoms with Crippen molar-refractivity contribution in [1.29, 1.82) is 0 Å². The number of rotatable bonds is 8. The smallest absolute Gasteiger partial charge is 0.195 e. The summed E-state index contributed by atoms with van der Waals surface area (Å²) >= 11 is 0. The number of benzene rings is 1. The van der Waals surface area contributed by atoms with Crippen molar-refractivity contribution in [2.24, 2.45) is 11.8 Å². The summed E-state index contributed by atoms with van der Waals surface area (Å²) in [5.41, 5.74) is 1.08. The summed E-state index contributed by atoms with van der Waals surface area (Å²) in [5.74, 6) is 2.99. The Labute approximate surface area is 121 Å². The molecule has 0 saturated heterocycles. The zero-order valence-electron chi connectivity index (χ0n) is 12.0. The molecule has 5 heteroatoms. The van der Waals surface area contributed by atoms with Gasteiger partial charge in [0.15, 0.2) is 10.1 Å². The maximum atomic E-state index is 11.9. The first-order chi connectivity index (χ1) is 9.28.